The maximum absolute atomic E-state index is 12.4. The minimum absolute atomic E-state index is 0.0799. The van der Waals surface area contributed by atoms with Gasteiger partial charge in [0.25, 0.3) is 0 Å². The van der Waals surface area contributed by atoms with Gasteiger partial charge in [-0.1, -0.05) is 20.8 Å². The van der Waals surface area contributed by atoms with Gasteiger partial charge >= 0.3 is 0 Å². The minimum Gasteiger partial charge on any atom is -0.393 e. The third-order valence-corrected chi connectivity index (χ3v) is 14.0. The number of amides is 1. The summed E-state index contributed by atoms with van der Waals surface area (Å²) in [5.74, 6) is 3.36. The Hall–Kier alpha value is -0.610. The second-order valence-corrected chi connectivity index (χ2v) is 15.2. The Bertz CT molecular complexity index is 898. The van der Waals surface area contributed by atoms with E-state index in [0.717, 1.165) is 31.2 Å². The van der Waals surface area contributed by atoms with Gasteiger partial charge < -0.3 is 14.7 Å². The summed E-state index contributed by atoms with van der Waals surface area (Å²) in [5, 5.41) is 10.9. The van der Waals surface area contributed by atoms with Gasteiger partial charge in [0.05, 0.1) is 18.3 Å². The quantitative estimate of drug-likeness (QED) is 0.539. The van der Waals surface area contributed by atoms with E-state index in [0.29, 0.717) is 40.2 Å². The van der Waals surface area contributed by atoms with Gasteiger partial charge in [0, 0.05) is 19.5 Å². The van der Waals surface area contributed by atoms with Crippen LogP contribution in [0.1, 0.15) is 111 Å². The van der Waals surface area contributed by atoms with Gasteiger partial charge in [0.1, 0.15) is 0 Å². The molecule has 7 fully saturated rings. The maximum atomic E-state index is 12.4. The Labute approximate surface area is 212 Å². The van der Waals surface area contributed by atoms with Gasteiger partial charge in [-0.25, -0.2) is 0 Å². The molecular weight excluding hydrogens is 434 g/mol. The van der Waals surface area contributed by atoms with Crippen molar-refractivity contribution in [1.29, 1.82) is 0 Å². The second-order valence-electron chi connectivity index (χ2n) is 15.2. The summed E-state index contributed by atoms with van der Waals surface area (Å²) >= 11 is 0. The van der Waals surface area contributed by atoms with Crippen LogP contribution in [0.4, 0.5) is 0 Å². The normalized spacial score (nSPS) is 53.8. The maximum Gasteiger partial charge on any atom is 0.219 e. The van der Waals surface area contributed by atoms with Crippen LogP contribution in [0.25, 0.3) is 0 Å². The minimum atomic E-state index is -0.115. The number of nitrogens with zero attached hydrogens (tertiary/aromatic N) is 1. The third-order valence-electron chi connectivity index (χ3n) is 14.0. The van der Waals surface area contributed by atoms with Crippen molar-refractivity contribution in [2.75, 3.05) is 6.54 Å². The van der Waals surface area contributed by atoms with Crippen molar-refractivity contribution in [1.82, 2.24) is 4.90 Å². The number of fused-ring (bicyclic) bond motifs is 4. The molecule has 0 aromatic carbocycles. The molecule has 4 nitrogen and oxygen atoms in total. The van der Waals surface area contributed by atoms with E-state index in [9.17, 15) is 9.90 Å². The first-order valence-corrected chi connectivity index (χ1v) is 15.2. The highest BCUT2D eigenvalue weighted by Gasteiger charge is 2.80. The van der Waals surface area contributed by atoms with Crippen molar-refractivity contribution in [3.8, 4) is 0 Å². The van der Waals surface area contributed by atoms with Gasteiger partial charge in [0.15, 0.2) is 0 Å². The highest BCUT2D eigenvalue weighted by molar-refractivity contribution is 5.73. The highest BCUT2D eigenvalue weighted by Crippen LogP contribution is 2.87. The molecule has 7 rings (SSSR count). The van der Waals surface area contributed by atoms with E-state index < -0.39 is 0 Å². The van der Waals surface area contributed by atoms with Crippen molar-refractivity contribution >= 4 is 5.91 Å². The standard InChI is InChI=1S/C31H49NO3/c1-19(33)32(20-6-5-7-20)17-21-8-9-23-25(35-21)16-24-22-10-11-26-28(2,3)27(34)12-13-31(26)18-30(22,31)15-14-29(23,24)4/h20-27,34H,5-18H2,1-4H3/t21?,22?,23?,24?,25?,26?,27-,29?,30-,31?/m0/s1. The molecule has 1 amide bonds. The van der Waals surface area contributed by atoms with E-state index in [4.69, 9.17) is 4.74 Å². The Morgan fingerprint density at radius 2 is 1.69 bits per heavy atom. The van der Waals surface area contributed by atoms with E-state index in [1.54, 1.807) is 6.92 Å². The first kappa shape index (κ1) is 23.5. The molecule has 196 valence electrons. The van der Waals surface area contributed by atoms with Crippen molar-refractivity contribution in [2.45, 2.75) is 136 Å². The summed E-state index contributed by atoms with van der Waals surface area (Å²) in [5.41, 5.74) is 1.62. The molecule has 1 saturated heterocycles. The summed E-state index contributed by atoms with van der Waals surface area (Å²) in [7, 11) is 0. The summed E-state index contributed by atoms with van der Waals surface area (Å²) in [6.07, 6.45) is 17.1. The van der Waals surface area contributed by atoms with Crippen LogP contribution in [0.15, 0.2) is 0 Å². The molecule has 4 heteroatoms. The smallest absolute Gasteiger partial charge is 0.219 e. The molecule has 2 spiro atoms. The van der Waals surface area contributed by atoms with Gasteiger partial charge in [0.2, 0.25) is 5.91 Å². The Morgan fingerprint density at radius 3 is 2.40 bits per heavy atom. The van der Waals surface area contributed by atoms with E-state index in [2.05, 4.69) is 25.7 Å². The lowest BCUT2D eigenvalue weighted by molar-refractivity contribution is -0.144. The molecule has 7 aliphatic rings. The molecule has 0 aromatic rings. The molecule has 10 atom stereocenters. The van der Waals surface area contributed by atoms with Crippen molar-refractivity contribution in [3.63, 3.8) is 0 Å². The summed E-state index contributed by atoms with van der Waals surface area (Å²) in [6, 6.07) is 0.469. The highest BCUT2D eigenvalue weighted by atomic mass is 16.5. The zero-order valence-corrected chi connectivity index (χ0v) is 22.7. The molecule has 35 heavy (non-hydrogen) atoms. The van der Waals surface area contributed by atoms with Crippen LogP contribution in [-0.4, -0.2) is 46.8 Å². The number of aliphatic hydroxyl groups excluding tert-OH is 1. The largest absolute Gasteiger partial charge is 0.393 e. The summed E-state index contributed by atoms with van der Waals surface area (Å²) in [4.78, 5) is 14.5. The first-order chi connectivity index (χ1) is 16.6. The predicted octanol–water partition coefficient (Wildman–Crippen LogP) is 5.95. The van der Waals surface area contributed by atoms with E-state index in [1.807, 2.05) is 0 Å². The molecule has 1 N–H and O–H groups in total. The van der Waals surface area contributed by atoms with Crippen LogP contribution in [0.3, 0.4) is 0 Å². The molecule has 1 aliphatic heterocycles. The van der Waals surface area contributed by atoms with Crippen molar-refractivity contribution in [3.05, 3.63) is 0 Å². The van der Waals surface area contributed by atoms with E-state index in [-0.39, 0.29) is 23.5 Å². The predicted molar refractivity (Wildman–Crippen MR) is 137 cm³/mol. The van der Waals surface area contributed by atoms with Gasteiger partial charge in [-0.05, 0) is 129 Å². The molecule has 0 bridgehead atoms. The zero-order valence-electron chi connectivity index (χ0n) is 22.7. The lowest BCUT2D eigenvalue weighted by atomic mass is 9.46. The van der Waals surface area contributed by atoms with E-state index >= 15 is 0 Å². The molecule has 0 radical (unpaired) electrons. The zero-order chi connectivity index (χ0) is 24.4. The lowest BCUT2D eigenvalue weighted by Crippen LogP contribution is -2.54. The average Bonchev–Trinajstić information content (AvgIpc) is 3.35. The molecule has 6 saturated carbocycles. The van der Waals surface area contributed by atoms with Gasteiger partial charge in [-0.2, -0.15) is 0 Å². The molecule has 0 aromatic heterocycles. The Kier molecular flexibility index (Phi) is 5.03. The number of ether oxygens (including phenoxy) is 1. The van der Waals surface area contributed by atoms with Crippen molar-refractivity contribution in [2.24, 2.45) is 45.3 Å². The van der Waals surface area contributed by atoms with Crippen molar-refractivity contribution < 1.29 is 14.6 Å². The van der Waals surface area contributed by atoms with Crippen LogP contribution < -0.4 is 0 Å². The fourth-order valence-electron chi connectivity index (χ4n) is 11.9. The number of hydrogen-bond acceptors (Lipinski definition) is 3. The van der Waals surface area contributed by atoms with Crippen LogP contribution in [0.5, 0.6) is 0 Å². The summed E-state index contributed by atoms with van der Waals surface area (Å²) in [6.45, 7) is 9.95. The van der Waals surface area contributed by atoms with Crippen LogP contribution in [0, 0.1) is 45.3 Å². The van der Waals surface area contributed by atoms with Crippen LogP contribution >= 0.6 is 0 Å². The molecule has 1 heterocycles. The fourth-order valence-corrected chi connectivity index (χ4v) is 11.9. The number of rotatable bonds is 3. The number of carbonyl (C=O) groups excluding carboxylic acids is 1. The fraction of sp³-hybridized carbons (Fsp3) is 0.968. The Morgan fingerprint density at radius 1 is 0.914 bits per heavy atom. The SMILES string of the molecule is CC(=O)N(CC1CCC2C(CC3C4CCC5C(C)(C)[C@@H](O)CCC56C[C@@]46CCC23C)O1)C1CCC1. The molecule has 6 aliphatic carbocycles. The van der Waals surface area contributed by atoms with Crippen LogP contribution in [-0.2, 0) is 9.53 Å². The monoisotopic (exact) mass is 483 g/mol. The lowest BCUT2D eigenvalue weighted by Gasteiger charge is -2.59. The number of hydrogen-bond donors (Lipinski definition) is 1. The molecule has 8 unspecified atom stereocenters. The van der Waals surface area contributed by atoms with Gasteiger partial charge in [-0.15, -0.1) is 0 Å². The number of aliphatic hydroxyl groups is 1. The third kappa shape index (κ3) is 2.96. The second kappa shape index (κ2) is 7.49. The topological polar surface area (TPSA) is 49.8 Å². The molecular formula is C31H49NO3. The van der Waals surface area contributed by atoms with Gasteiger partial charge in [-0.3, -0.25) is 4.79 Å². The average molecular weight is 484 g/mol. The van der Waals surface area contributed by atoms with E-state index in [1.165, 1.54) is 70.6 Å². The summed E-state index contributed by atoms with van der Waals surface area (Å²) < 4.78 is 6.92. The first-order valence-electron chi connectivity index (χ1n) is 15.2. The Balaban J connectivity index is 1.10. The number of carbonyl (C=O) groups is 1. The van der Waals surface area contributed by atoms with Crippen LogP contribution in [0.2, 0.25) is 0 Å².